The van der Waals surface area contributed by atoms with Crippen LogP contribution in [0.2, 0.25) is 0 Å². The lowest BCUT2D eigenvalue weighted by Gasteiger charge is -2.16. The largest absolute Gasteiger partial charge is 0.487 e. The van der Waals surface area contributed by atoms with Gasteiger partial charge in [-0.25, -0.2) is 4.39 Å². The predicted octanol–water partition coefficient (Wildman–Crippen LogP) is 2.28. The first-order valence-corrected chi connectivity index (χ1v) is 8.74. The van der Waals surface area contributed by atoms with E-state index in [-0.39, 0.29) is 11.9 Å². The Balaban J connectivity index is 1.43. The number of aromatic amines is 1. The molecule has 2 aromatic heterocycles. The first-order valence-electron chi connectivity index (χ1n) is 7.13. The van der Waals surface area contributed by atoms with Gasteiger partial charge < -0.3 is 9.64 Å². The molecular formula is C13H11BrFN7OS. The van der Waals surface area contributed by atoms with Crippen LogP contribution in [0.4, 0.5) is 9.52 Å². The number of nitrogens with one attached hydrogen (secondary N) is 1. The summed E-state index contributed by atoms with van der Waals surface area (Å²) in [5.74, 6) is 0.763. The molecule has 0 amide bonds. The fraction of sp³-hybridized carbons (Fsp3) is 0.308. The number of benzene rings is 1. The molecule has 4 rings (SSSR count). The van der Waals surface area contributed by atoms with E-state index < -0.39 is 0 Å². The summed E-state index contributed by atoms with van der Waals surface area (Å²) in [6.07, 6.45) is 0.852. The molecule has 8 nitrogen and oxygen atoms in total. The monoisotopic (exact) mass is 411 g/mol. The number of rotatable bonds is 4. The van der Waals surface area contributed by atoms with Crippen LogP contribution in [0, 0.1) is 5.82 Å². The summed E-state index contributed by atoms with van der Waals surface area (Å²) in [6.45, 7) is 1.50. The standard InChI is InChI=1S/C13H11BrFN7OS/c14-9-5-7(15)1-2-10(9)23-8-3-4-22(6-8)13-19-18-12(24-13)11-16-20-21-17-11/h1-2,5,8H,3-4,6H2,(H,16,17,20,21)/t8-/m0/s1. The zero-order valence-electron chi connectivity index (χ0n) is 12.2. The molecule has 0 bridgehead atoms. The number of H-pyrrole nitrogens is 1. The lowest BCUT2D eigenvalue weighted by molar-refractivity contribution is 0.223. The van der Waals surface area contributed by atoms with Gasteiger partial charge in [-0.1, -0.05) is 11.3 Å². The molecule has 11 heteroatoms. The van der Waals surface area contributed by atoms with E-state index in [1.54, 1.807) is 6.07 Å². The lowest BCUT2D eigenvalue weighted by Crippen LogP contribution is -2.24. The second-order valence-corrected chi connectivity index (χ2v) is 6.98. The lowest BCUT2D eigenvalue weighted by atomic mass is 10.3. The second kappa shape index (κ2) is 6.40. The maximum Gasteiger partial charge on any atom is 0.235 e. The third-order valence-electron chi connectivity index (χ3n) is 3.55. The van der Waals surface area contributed by atoms with Gasteiger partial charge in [-0.05, 0) is 39.3 Å². The van der Waals surface area contributed by atoms with Gasteiger partial charge >= 0.3 is 0 Å². The van der Waals surface area contributed by atoms with Crippen LogP contribution >= 0.6 is 27.3 Å². The Hall–Kier alpha value is -2.14. The van der Waals surface area contributed by atoms with Crippen molar-refractivity contribution in [2.75, 3.05) is 18.0 Å². The number of ether oxygens (including phenoxy) is 1. The molecule has 1 fully saturated rings. The normalized spacial score (nSPS) is 17.4. The molecule has 124 valence electrons. The molecule has 3 aromatic rings. The highest BCUT2D eigenvalue weighted by Gasteiger charge is 2.27. The third kappa shape index (κ3) is 3.08. The summed E-state index contributed by atoms with van der Waals surface area (Å²) < 4.78 is 19.7. The van der Waals surface area contributed by atoms with Crippen LogP contribution in [0.5, 0.6) is 5.75 Å². The second-order valence-electron chi connectivity index (χ2n) is 5.17. The van der Waals surface area contributed by atoms with Crippen LogP contribution < -0.4 is 9.64 Å². The van der Waals surface area contributed by atoms with Crippen molar-refractivity contribution in [3.8, 4) is 16.6 Å². The van der Waals surface area contributed by atoms with Crippen LogP contribution in [0.1, 0.15) is 6.42 Å². The third-order valence-corrected chi connectivity index (χ3v) is 5.15. The summed E-state index contributed by atoms with van der Waals surface area (Å²) in [4.78, 5) is 2.10. The Labute approximate surface area is 148 Å². The van der Waals surface area contributed by atoms with Crippen molar-refractivity contribution < 1.29 is 9.13 Å². The summed E-state index contributed by atoms with van der Waals surface area (Å²) in [6, 6.07) is 4.40. The molecule has 0 radical (unpaired) electrons. The van der Waals surface area contributed by atoms with Crippen LogP contribution in [0.15, 0.2) is 22.7 Å². The highest BCUT2D eigenvalue weighted by molar-refractivity contribution is 9.10. The molecule has 1 atom stereocenters. The molecule has 1 aliphatic rings. The zero-order chi connectivity index (χ0) is 16.5. The smallest absolute Gasteiger partial charge is 0.235 e. The first kappa shape index (κ1) is 15.4. The molecule has 1 saturated heterocycles. The van der Waals surface area contributed by atoms with Gasteiger partial charge in [0.05, 0.1) is 11.0 Å². The number of hydrogen-bond acceptors (Lipinski definition) is 8. The van der Waals surface area contributed by atoms with Crippen molar-refractivity contribution >= 4 is 32.4 Å². The van der Waals surface area contributed by atoms with E-state index in [1.807, 2.05) is 0 Å². The molecule has 0 spiro atoms. The van der Waals surface area contributed by atoms with Crippen molar-refractivity contribution in [3.63, 3.8) is 0 Å². The van der Waals surface area contributed by atoms with Crippen LogP contribution in [-0.4, -0.2) is 50.0 Å². The Morgan fingerprint density at radius 2 is 2.25 bits per heavy atom. The van der Waals surface area contributed by atoms with E-state index in [9.17, 15) is 4.39 Å². The highest BCUT2D eigenvalue weighted by Crippen LogP contribution is 2.31. The van der Waals surface area contributed by atoms with Gasteiger partial charge in [-0.3, -0.25) is 0 Å². The molecule has 1 N–H and O–H groups in total. The minimum atomic E-state index is -0.301. The predicted molar refractivity (Wildman–Crippen MR) is 88.4 cm³/mol. The molecule has 24 heavy (non-hydrogen) atoms. The Morgan fingerprint density at radius 3 is 3.04 bits per heavy atom. The maximum absolute atomic E-state index is 13.1. The van der Waals surface area contributed by atoms with Crippen molar-refractivity contribution in [1.82, 2.24) is 30.8 Å². The van der Waals surface area contributed by atoms with Crippen LogP contribution in [-0.2, 0) is 0 Å². The average molecular weight is 412 g/mol. The maximum atomic E-state index is 13.1. The molecular weight excluding hydrogens is 401 g/mol. The van der Waals surface area contributed by atoms with E-state index in [1.165, 1.54) is 23.5 Å². The summed E-state index contributed by atoms with van der Waals surface area (Å²) in [5, 5.41) is 23.4. The fourth-order valence-corrected chi connectivity index (χ4v) is 3.69. The van der Waals surface area contributed by atoms with Crippen LogP contribution in [0.25, 0.3) is 10.8 Å². The van der Waals surface area contributed by atoms with Gasteiger partial charge in [-0.2, -0.15) is 5.21 Å². The van der Waals surface area contributed by atoms with Gasteiger partial charge in [0.2, 0.25) is 11.0 Å². The Morgan fingerprint density at radius 1 is 1.33 bits per heavy atom. The Kier molecular flexibility index (Phi) is 4.10. The average Bonchev–Trinajstić information content (AvgIpc) is 3.30. The quantitative estimate of drug-likeness (QED) is 0.703. The number of anilines is 1. The molecule has 0 aliphatic carbocycles. The Bertz CT molecular complexity index is 843. The zero-order valence-corrected chi connectivity index (χ0v) is 14.6. The van der Waals surface area contributed by atoms with Crippen molar-refractivity contribution in [1.29, 1.82) is 0 Å². The number of tetrazole rings is 1. The van der Waals surface area contributed by atoms with Gasteiger partial charge in [-0.15, -0.1) is 20.4 Å². The highest BCUT2D eigenvalue weighted by atomic mass is 79.9. The molecule has 1 aliphatic heterocycles. The number of hydrogen-bond donors (Lipinski definition) is 1. The number of nitrogens with zero attached hydrogens (tertiary/aromatic N) is 6. The van der Waals surface area contributed by atoms with E-state index in [0.29, 0.717) is 27.6 Å². The van der Waals surface area contributed by atoms with Gasteiger partial charge in [0.15, 0.2) is 5.01 Å². The summed E-state index contributed by atoms with van der Waals surface area (Å²) in [7, 11) is 0. The molecule has 3 heterocycles. The molecule has 1 aromatic carbocycles. The van der Waals surface area contributed by atoms with Crippen LogP contribution in [0.3, 0.4) is 0 Å². The van der Waals surface area contributed by atoms with Gasteiger partial charge in [0.1, 0.15) is 17.7 Å². The molecule has 0 saturated carbocycles. The van der Waals surface area contributed by atoms with Gasteiger partial charge in [0.25, 0.3) is 0 Å². The van der Waals surface area contributed by atoms with Crippen molar-refractivity contribution in [2.45, 2.75) is 12.5 Å². The van der Waals surface area contributed by atoms with E-state index in [4.69, 9.17) is 4.74 Å². The summed E-state index contributed by atoms with van der Waals surface area (Å²) >= 11 is 4.72. The van der Waals surface area contributed by atoms with E-state index >= 15 is 0 Å². The summed E-state index contributed by atoms with van der Waals surface area (Å²) in [5.41, 5.74) is 0. The SMILES string of the molecule is Fc1ccc(O[C@H]2CCN(c3nnc(-c4nn[nH]n4)s3)C2)c(Br)c1. The van der Waals surface area contributed by atoms with Gasteiger partial charge in [0, 0.05) is 13.0 Å². The fourth-order valence-electron chi connectivity index (χ4n) is 2.43. The first-order chi connectivity index (χ1) is 11.7. The molecule has 0 unspecified atom stereocenters. The minimum absolute atomic E-state index is 0.00397. The number of halogens is 2. The topological polar surface area (TPSA) is 92.7 Å². The minimum Gasteiger partial charge on any atom is -0.487 e. The number of aromatic nitrogens is 6. The van der Waals surface area contributed by atoms with Crippen molar-refractivity contribution in [2.24, 2.45) is 0 Å². The van der Waals surface area contributed by atoms with E-state index in [0.717, 1.165) is 18.1 Å². The van der Waals surface area contributed by atoms with Crippen molar-refractivity contribution in [3.05, 3.63) is 28.5 Å². The van der Waals surface area contributed by atoms with E-state index in [2.05, 4.69) is 51.7 Å².